The second-order valence-corrected chi connectivity index (χ2v) is 6.02. The minimum atomic E-state index is -4.75. The monoisotopic (exact) mass is 366 g/mol. The summed E-state index contributed by atoms with van der Waals surface area (Å²) in [7, 11) is 1.54. The summed E-state index contributed by atoms with van der Waals surface area (Å²) in [5, 5.41) is 0. The Labute approximate surface area is 147 Å². The van der Waals surface area contributed by atoms with Crippen LogP contribution in [0.5, 0.6) is 5.75 Å². The molecular weight excluding hydrogens is 349 g/mol. The van der Waals surface area contributed by atoms with E-state index in [-0.39, 0.29) is 6.04 Å². The number of rotatable bonds is 4. The number of alkyl halides is 3. The molecule has 8 heteroatoms. The Morgan fingerprint density at radius 2 is 2.04 bits per heavy atom. The van der Waals surface area contributed by atoms with Gasteiger partial charge in [-0.15, -0.1) is 0 Å². The van der Waals surface area contributed by atoms with Crippen molar-refractivity contribution in [2.75, 3.05) is 13.7 Å². The topological polar surface area (TPSA) is 51.5 Å². The van der Waals surface area contributed by atoms with Crippen LogP contribution in [-0.2, 0) is 17.5 Å². The van der Waals surface area contributed by atoms with Crippen LogP contribution in [0.4, 0.5) is 13.2 Å². The summed E-state index contributed by atoms with van der Waals surface area (Å²) in [4.78, 5) is 26.0. The molecule has 0 unspecified atom stereocenters. The summed E-state index contributed by atoms with van der Waals surface area (Å²) in [6, 6.07) is 8.95. The molecule has 1 aliphatic rings. The van der Waals surface area contributed by atoms with Crippen LogP contribution in [0.1, 0.15) is 23.6 Å². The molecule has 2 aromatic rings. The number of carbonyl (C=O) groups excluding carboxylic acids is 1. The van der Waals surface area contributed by atoms with Crippen LogP contribution >= 0.6 is 0 Å². The van der Waals surface area contributed by atoms with Gasteiger partial charge in [0.2, 0.25) is 5.91 Å². The first-order chi connectivity index (χ1) is 12.3. The molecule has 1 aliphatic heterocycles. The van der Waals surface area contributed by atoms with Gasteiger partial charge in [0.25, 0.3) is 5.56 Å². The van der Waals surface area contributed by atoms with E-state index < -0.39 is 29.8 Å². The van der Waals surface area contributed by atoms with Crippen molar-refractivity contribution in [3.05, 3.63) is 64.1 Å². The fourth-order valence-electron chi connectivity index (χ4n) is 2.99. The molecule has 0 saturated carbocycles. The van der Waals surface area contributed by atoms with Gasteiger partial charge in [0, 0.05) is 12.7 Å². The third-order valence-electron chi connectivity index (χ3n) is 4.45. The molecule has 5 nitrogen and oxygen atoms in total. The number of pyridine rings is 1. The quantitative estimate of drug-likeness (QED) is 0.836. The Hall–Kier alpha value is -2.77. The number of likely N-dealkylation sites (tertiary alicyclic amines) is 1. The van der Waals surface area contributed by atoms with E-state index in [0.717, 1.165) is 22.6 Å². The molecule has 1 amide bonds. The van der Waals surface area contributed by atoms with Crippen molar-refractivity contribution in [3.63, 3.8) is 0 Å². The van der Waals surface area contributed by atoms with E-state index in [1.807, 2.05) is 18.2 Å². The number of halogens is 3. The average Bonchev–Trinajstić information content (AvgIpc) is 2.55. The zero-order valence-corrected chi connectivity index (χ0v) is 14.0. The number of carbonyl (C=O) groups is 1. The van der Waals surface area contributed by atoms with E-state index in [1.54, 1.807) is 18.1 Å². The fourth-order valence-corrected chi connectivity index (χ4v) is 2.99. The molecule has 138 valence electrons. The van der Waals surface area contributed by atoms with Crippen molar-refractivity contribution in [2.45, 2.75) is 25.2 Å². The molecule has 1 atom stereocenters. The van der Waals surface area contributed by atoms with Gasteiger partial charge in [0.15, 0.2) is 0 Å². The van der Waals surface area contributed by atoms with Crippen LogP contribution in [0.15, 0.2) is 47.4 Å². The van der Waals surface area contributed by atoms with Crippen molar-refractivity contribution in [3.8, 4) is 5.75 Å². The summed E-state index contributed by atoms with van der Waals surface area (Å²) in [5.74, 6) is 0.265. The van der Waals surface area contributed by atoms with Gasteiger partial charge in [-0.1, -0.05) is 12.1 Å². The van der Waals surface area contributed by atoms with Gasteiger partial charge >= 0.3 is 6.18 Å². The molecule has 2 heterocycles. The second kappa shape index (κ2) is 6.86. The molecule has 26 heavy (non-hydrogen) atoms. The minimum absolute atomic E-state index is 0.167. The fraction of sp³-hybridized carbons (Fsp3) is 0.333. The number of hydrogen-bond acceptors (Lipinski definition) is 3. The smallest absolute Gasteiger partial charge is 0.421 e. The molecular formula is C18H17F3N2O3. The largest absolute Gasteiger partial charge is 0.497 e. The first kappa shape index (κ1) is 18.0. The van der Waals surface area contributed by atoms with Crippen LogP contribution in [0.25, 0.3) is 0 Å². The summed E-state index contributed by atoms with van der Waals surface area (Å²) in [6.45, 7) is 0.0671. The summed E-state index contributed by atoms with van der Waals surface area (Å²) >= 11 is 0. The SMILES string of the molecule is COc1cccc([C@@H]2CCN2C(=O)Cn2cccc(C(F)(F)F)c2=O)c1. The lowest BCUT2D eigenvalue weighted by Gasteiger charge is -2.41. The van der Waals surface area contributed by atoms with Crippen LogP contribution in [0, 0.1) is 0 Å². The van der Waals surface area contributed by atoms with Crippen molar-refractivity contribution >= 4 is 5.91 Å². The minimum Gasteiger partial charge on any atom is -0.497 e. The van der Waals surface area contributed by atoms with Gasteiger partial charge in [-0.2, -0.15) is 13.2 Å². The lowest BCUT2D eigenvalue weighted by Crippen LogP contribution is -2.47. The van der Waals surface area contributed by atoms with E-state index in [1.165, 1.54) is 6.20 Å². The van der Waals surface area contributed by atoms with E-state index in [2.05, 4.69) is 0 Å². The maximum atomic E-state index is 12.8. The maximum absolute atomic E-state index is 12.8. The van der Waals surface area contributed by atoms with Gasteiger partial charge in [0.05, 0.1) is 13.2 Å². The summed E-state index contributed by atoms with van der Waals surface area (Å²) < 4.78 is 44.5. The van der Waals surface area contributed by atoms with Crippen LogP contribution in [0.3, 0.4) is 0 Å². The third kappa shape index (κ3) is 3.44. The zero-order valence-electron chi connectivity index (χ0n) is 14.0. The number of aromatic nitrogens is 1. The predicted molar refractivity (Wildman–Crippen MR) is 87.8 cm³/mol. The Morgan fingerprint density at radius 1 is 1.27 bits per heavy atom. The van der Waals surface area contributed by atoms with Gasteiger partial charge in [-0.05, 0) is 36.2 Å². The Kier molecular flexibility index (Phi) is 4.76. The lowest BCUT2D eigenvalue weighted by molar-refractivity contribution is -0.142. The first-order valence-corrected chi connectivity index (χ1v) is 8.01. The van der Waals surface area contributed by atoms with E-state index >= 15 is 0 Å². The third-order valence-corrected chi connectivity index (χ3v) is 4.45. The molecule has 3 rings (SSSR count). The van der Waals surface area contributed by atoms with Crippen molar-refractivity contribution in [1.29, 1.82) is 0 Å². The van der Waals surface area contributed by atoms with Crippen LogP contribution < -0.4 is 10.3 Å². The molecule has 0 N–H and O–H groups in total. The number of ether oxygens (including phenoxy) is 1. The highest BCUT2D eigenvalue weighted by Crippen LogP contribution is 2.34. The highest BCUT2D eigenvalue weighted by atomic mass is 19.4. The highest BCUT2D eigenvalue weighted by molar-refractivity contribution is 5.77. The van der Waals surface area contributed by atoms with Gasteiger partial charge in [-0.25, -0.2) is 0 Å². The molecule has 1 fully saturated rings. The number of hydrogen-bond donors (Lipinski definition) is 0. The molecule has 1 aromatic carbocycles. The molecule has 0 spiro atoms. The standard InChI is InChI=1S/C18H17F3N2O3/c1-26-13-5-2-4-12(10-13)15-7-9-23(15)16(24)11-22-8-3-6-14(17(22)25)18(19,20)21/h2-6,8,10,15H,7,9,11H2,1H3/t15-/m0/s1. The van der Waals surface area contributed by atoms with Gasteiger partial charge < -0.3 is 14.2 Å². The average molecular weight is 366 g/mol. The maximum Gasteiger partial charge on any atom is 0.421 e. The second-order valence-electron chi connectivity index (χ2n) is 6.02. The van der Waals surface area contributed by atoms with Crippen LogP contribution in [0.2, 0.25) is 0 Å². The normalized spacial score (nSPS) is 16.9. The molecule has 1 aromatic heterocycles. The Balaban J connectivity index is 1.78. The van der Waals surface area contributed by atoms with E-state index in [4.69, 9.17) is 4.74 Å². The molecule has 1 saturated heterocycles. The number of methoxy groups -OCH3 is 1. The summed E-state index contributed by atoms with van der Waals surface area (Å²) in [5.41, 5.74) is -1.60. The Morgan fingerprint density at radius 3 is 2.65 bits per heavy atom. The van der Waals surface area contributed by atoms with Gasteiger partial charge in [0.1, 0.15) is 17.9 Å². The van der Waals surface area contributed by atoms with Gasteiger partial charge in [-0.3, -0.25) is 9.59 Å². The van der Waals surface area contributed by atoms with Crippen molar-refractivity contribution in [2.24, 2.45) is 0 Å². The molecule has 0 aliphatic carbocycles. The number of amides is 1. The van der Waals surface area contributed by atoms with Crippen LogP contribution in [-0.4, -0.2) is 29.0 Å². The van der Waals surface area contributed by atoms with E-state index in [0.29, 0.717) is 18.4 Å². The van der Waals surface area contributed by atoms with Crippen molar-refractivity contribution < 1.29 is 22.7 Å². The molecule has 0 radical (unpaired) electrons. The highest BCUT2D eigenvalue weighted by Gasteiger charge is 2.36. The zero-order chi connectivity index (χ0) is 18.9. The van der Waals surface area contributed by atoms with E-state index in [9.17, 15) is 22.8 Å². The predicted octanol–water partition coefficient (Wildman–Crippen LogP) is 2.85. The molecule has 0 bridgehead atoms. The van der Waals surface area contributed by atoms with Crippen molar-refractivity contribution in [1.82, 2.24) is 9.47 Å². The number of benzene rings is 1. The Bertz CT molecular complexity index is 876. The first-order valence-electron chi connectivity index (χ1n) is 8.01. The number of nitrogens with zero attached hydrogens (tertiary/aromatic N) is 2. The summed E-state index contributed by atoms with van der Waals surface area (Å²) in [6.07, 6.45) is -2.81. The lowest BCUT2D eigenvalue weighted by atomic mass is 9.94.